The molecule has 0 aromatic rings. The summed E-state index contributed by atoms with van der Waals surface area (Å²) in [6.07, 6.45) is 58.5. The lowest BCUT2D eigenvalue weighted by molar-refractivity contribution is -0.154. The molecule has 0 amide bonds. The number of aliphatic hydroxyl groups excluding tert-OH is 1. The van der Waals surface area contributed by atoms with Crippen LogP contribution in [0.2, 0.25) is 0 Å². The second-order valence-electron chi connectivity index (χ2n) is 14.4. The molecule has 0 radical (unpaired) electrons. The molecule has 0 aromatic carbocycles. The molecule has 296 valence electrons. The Morgan fingerprint density at radius 2 is 0.882 bits per heavy atom. The molecule has 0 aliphatic carbocycles. The minimum absolute atomic E-state index is 0.178. The van der Waals surface area contributed by atoms with Crippen LogP contribution in [0.4, 0.5) is 0 Å². The van der Waals surface area contributed by atoms with Crippen LogP contribution < -0.4 is 0 Å². The maximum atomic E-state index is 12.2. The Morgan fingerprint density at radius 1 is 0.490 bits per heavy atom. The van der Waals surface area contributed by atoms with E-state index in [9.17, 15) is 9.90 Å². The molecule has 0 aliphatic rings. The summed E-state index contributed by atoms with van der Waals surface area (Å²) in [5.41, 5.74) is 0. The molecule has 0 saturated carbocycles. The number of esters is 1. The number of hydrogen-bond acceptors (Lipinski definition) is 4. The molecular formula is C47H84O4. The summed E-state index contributed by atoms with van der Waals surface area (Å²) >= 11 is 0. The van der Waals surface area contributed by atoms with Gasteiger partial charge in [-0.1, -0.05) is 184 Å². The van der Waals surface area contributed by atoms with Crippen molar-refractivity contribution in [1.29, 1.82) is 0 Å². The minimum Gasteiger partial charge on any atom is -0.457 e. The normalized spacial score (nSPS) is 12.9. The molecule has 0 saturated heterocycles. The summed E-state index contributed by atoms with van der Waals surface area (Å²) in [5, 5.41) is 9.61. The molecule has 4 heteroatoms. The van der Waals surface area contributed by atoms with Gasteiger partial charge < -0.3 is 14.6 Å². The van der Waals surface area contributed by atoms with Crippen molar-refractivity contribution in [2.75, 3.05) is 19.8 Å². The van der Waals surface area contributed by atoms with Gasteiger partial charge >= 0.3 is 5.97 Å². The summed E-state index contributed by atoms with van der Waals surface area (Å²) in [6.45, 7) is 5.21. The second kappa shape index (κ2) is 44.3. The van der Waals surface area contributed by atoms with Gasteiger partial charge in [-0.2, -0.15) is 0 Å². The zero-order chi connectivity index (χ0) is 37.0. The van der Waals surface area contributed by atoms with E-state index in [1.165, 1.54) is 141 Å². The Balaban J connectivity index is 3.45. The zero-order valence-electron chi connectivity index (χ0n) is 33.9. The van der Waals surface area contributed by atoms with Gasteiger partial charge in [0.05, 0.1) is 13.2 Å². The zero-order valence-corrected chi connectivity index (χ0v) is 33.9. The van der Waals surface area contributed by atoms with Gasteiger partial charge in [0.1, 0.15) is 6.10 Å². The van der Waals surface area contributed by atoms with Crippen molar-refractivity contribution in [3.05, 3.63) is 60.8 Å². The van der Waals surface area contributed by atoms with E-state index in [0.717, 1.165) is 44.9 Å². The van der Waals surface area contributed by atoms with Crippen LogP contribution in [-0.4, -0.2) is 37.0 Å². The summed E-state index contributed by atoms with van der Waals surface area (Å²) in [5.74, 6) is -0.209. The molecule has 0 spiro atoms. The van der Waals surface area contributed by atoms with Crippen LogP contribution in [0, 0.1) is 0 Å². The maximum Gasteiger partial charge on any atom is 0.306 e. The highest BCUT2D eigenvalue weighted by molar-refractivity contribution is 5.69. The van der Waals surface area contributed by atoms with Gasteiger partial charge in [0.2, 0.25) is 0 Å². The van der Waals surface area contributed by atoms with Crippen LogP contribution in [0.3, 0.4) is 0 Å². The molecule has 1 N–H and O–H groups in total. The average molecular weight is 713 g/mol. The van der Waals surface area contributed by atoms with Gasteiger partial charge in [0, 0.05) is 13.0 Å². The first kappa shape index (κ1) is 49.1. The van der Waals surface area contributed by atoms with E-state index in [1.807, 2.05) is 0 Å². The summed E-state index contributed by atoms with van der Waals surface area (Å²) < 4.78 is 11.2. The SMILES string of the molecule is CC/C=C\C/C=C\C/C=C\CCCCCCCCCCOCC(CO)OC(=O)CCCCCCCCCCC/C=C\C/C=C\CCCCCCC. The summed E-state index contributed by atoms with van der Waals surface area (Å²) in [7, 11) is 0. The van der Waals surface area contributed by atoms with Gasteiger partial charge in [0.15, 0.2) is 0 Å². The van der Waals surface area contributed by atoms with E-state index < -0.39 is 6.10 Å². The van der Waals surface area contributed by atoms with Gasteiger partial charge in [-0.25, -0.2) is 0 Å². The van der Waals surface area contributed by atoms with Crippen molar-refractivity contribution in [3.8, 4) is 0 Å². The Bertz CT molecular complexity index is 839. The highest BCUT2D eigenvalue weighted by Gasteiger charge is 2.13. The number of allylic oxidation sites excluding steroid dienone is 10. The molecule has 0 rings (SSSR count). The van der Waals surface area contributed by atoms with E-state index in [2.05, 4.69) is 74.6 Å². The number of carbonyl (C=O) groups is 1. The molecule has 0 aliphatic heterocycles. The number of rotatable bonds is 40. The van der Waals surface area contributed by atoms with Crippen molar-refractivity contribution in [2.24, 2.45) is 0 Å². The lowest BCUT2D eigenvalue weighted by Gasteiger charge is -2.16. The van der Waals surface area contributed by atoms with Crippen molar-refractivity contribution >= 4 is 5.97 Å². The second-order valence-corrected chi connectivity index (χ2v) is 14.4. The van der Waals surface area contributed by atoms with Crippen molar-refractivity contribution in [2.45, 2.75) is 213 Å². The van der Waals surface area contributed by atoms with Crippen molar-refractivity contribution in [3.63, 3.8) is 0 Å². The monoisotopic (exact) mass is 713 g/mol. The third-order valence-corrected chi connectivity index (χ3v) is 9.33. The molecule has 0 heterocycles. The van der Waals surface area contributed by atoms with Crippen LogP contribution in [0.15, 0.2) is 60.8 Å². The lowest BCUT2D eigenvalue weighted by atomic mass is 10.1. The highest BCUT2D eigenvalue weighted by Crippen LogP contribution is 2.13. The average Bonchev–Trinajstić information content (AvgIpc) is 3.14. The van der Waals surface area contributed by atoms with Crippen molar-refractivity contribution in [1.82, 2.24) is 0 Å². The Morgan fingerprint density at radius 3 is 1.33 bits per heavy atom. The predicted molar refractivity (Wildman–Crippen MR) is 223 cm³/mol. The van der Waals surface area contributed by atoms with E-state index >= 15 is 0 Å². The predicted octanol–water partition coefficient (Wildman–Crippen LogP) is 14.4. The standard InChI is InChI=1S/C47H84O4/c1-3-5-7-9-11-13-15-17-19-21-23-24-25-26-28-30-32-34-36-38-40-42-47(49)51-46(44-48)45-50-43-41-39-37-35-33-31-29-27-22-20-18-16-14-12-10-8-6-4-2/h6,8,12,14-15,17-18,20-21,23,46,48H,3-5,7,9-11,13,16,19,22,24-45H2,1-2H3/b8-6-,14-12-,17-15-,20-18-,23-21-. The van der Waals surface area contributed by atoms with Gasteiger partial charge in [0.25, 0.3) is 0 Å². The fourth-order valence-electron chi connectivity index (χ4n) is 6.08. The number of unbranched alkanes of at least 4 members (excludes halogenated alkanes) is 22. The smallest absolute Gasteiger partial charge is 0.306 e. The first-order valence-corrected chi connectivity index (χ1v) is 21.9. The van der Waals surface area contributed by atoms with Crippen LogP contribution in [0.5, 0.6) is 0 Å². The van der Waals surface area contributed by atoms with Crippen LogP contribution in [0.1, 0.15) is 206 Å². The molecule has 1 atom stereocenters. The van der Waals surface area contributed by atoms with E-state index in [-0.39, 0.29) is 19.2 Å². The first-order valence-electron chi connectivity index (χ1n) is 21.9. The number of aliphatic hydroxyl groups is 1. The minimum atomic E-state index is -0.543. The fraction of sp³-hybridized carbons (Fsp3) is 0.766. The van der Waals surface area contributed by atoms with Crippen LogP contribution in [-0.2, 0) is 14.3 Å². The van der Waals surface area contributed by atoms with Gasteiger partial charge in [-0.15, -0.1) is 0 Å². The molecule has 4 nitrogen and oxygen atoms in total. The number of hydrogen-bond donors (Lipinski definition) is 1. The third-order valence-electron chi connectivity index (χ3n) is 9.33. The molecule has 0 aromatic heterocycles. The van der Waals surface area contributed by atoms with Crippen molar-refractivity contribution < 1.29 is 19.4 Å². The van der Waals surface area contributed by atoms with E-state index in [0.29, 0.717) is 13.0 Å². The number of carbonyl (C=O) groups excluding carboxylic acids is 1. The topological polar surface area (TPSA) is 55.8 Å². The van der Waals surface area contributed by atoms with Crippen LogP contribution in [0.25, 0.3) is 0 Å². The lowest BCUT2D eigenvalue weighted by Crippen LogP contribution is -2.27. The fourth-order valence-corrected chi connectivity index (χ4v) is 6.08. The Kier molecular flexibility index (Phi) is 42.6. The number of ether oxygens (including phenoxy) is 2. The van der Waals surface area contributed by atoms with E-state index in [1.54, 1.807) is 0 Å². The van der Waals surface area contributed by atoms with Crippen LogP contribution >= 0.6 is 0 Å². The molecular weight excluding hydrogens is 629 g/mol. The summed E-state index contributed by atoms with van der Waals surface area (Å²) in [6, 6.07) is 0. The molecule has 0 fully saturated rings. The Hall–Kier alpha value is -1.91. The maximum absolute atomic E-state index is 12.2. The molecule has 1 unspecified atom stereocenters. The Labute approximate surface area is 317 Å². The third kappa shape index (κ3) is 42.4. The van der Waals surface area contributed by atoms with E-state index in [4.69, 9.17) is 9.47 Å². The molecule has 0 bridgehead atoms. The largest absolute Gasteiger partial charge is 0.457 e. The van der Waals surface area contributed by atoms with Gasteiger partial charge in [-0.05, 0) is 77.0 Å². The first-order chi connectivity index (χ1) is 25.2. The quantitative estimate of drug-likeness (QED) is 0.0390. The summed E-state index contributed by atoms with van der Waals surface area (Å²) in [4.78, 5) is 12.2. The van der Waals surface area contributed by atoms with Gasteiger partial charge in [-0.3, -0.25) is 4.79 Å². The highest BCUT2D eigenvalue weighted by atomic mass is 16.6. The molecule has 51 heavy (non-hydrogen) atoms.